The van der Waals surface area contributed by atoms with Crippen molar-refractivity contribution in [3.05, 3.63) is 58.4 Å². The molecule has 0 amide bonds. The number of hydrogen-bond acceptors (Lipinski definition) is 6. The summed E-state index contributed by atoms with van der Waals surface area (Å²) >= 11 is 3.18. The average molecular weight is 359 g/mol. The van der Waals surface area contributed by atoms with Gasteiger partial charge in [0.25, 0.3) is 0 Å². The smallest absolute Gasteiger partial charge is 0.312 e. The Morgan fingerprint density at radius 1 is 1.12 bits per heavy atom. The van der Waals surface area contributed by atoms with E-state index in [1.807, 2.05) is 54.1 Å². The zero-order chi connectivity index (χ0) is 16.8. The van der Waals surface area contributed by atoms with Crippen molar-refractivity contribution in [3.8, 4) is 15.6 Å². The quantitative estimate of drug-likeness (QED) is 0.465. The molecule has 1 aromatic carbocycles. The van der Waals surface area contributed by atoms with Crippen LogP contribution in [-0.4, -0.2) is 24.2 Å². The van der Waals surface area contributed by atoms with E-state index in [0.717, 1.165) is 26.9 Å². The molecule has 0 saturated carbocycles. The summed E-state index contributed by atoms with van der Waals surface area (Å²) < 4.78 is 10.8. The number of carbonyl (C=O) groups excluding carboxylic acids is 1. The van der Waals surface area contributed by atoms with Gasteiger partial charge in [-0.25, -0.2) is 4.98 Å². The number of hydrogen-bond donors (Lipinski definition) is 0. The van der Waals surface area contributed by atoms with Gasteiger partial charge in [0.1, 0.15) is 24.0 Å². The van der Waals surface area contributed by atoms with E-state index in [4.69, 9.17) is 9.47 Å². The minimum absolute atomic E-state index is 0.187. The van der Waals surface area contributed by atoms with Crippen LogP contribution >= 0.6 is 22.7 Å². The SMILES string of the molecule is Cc1ccccc1OCCOC(=O)Cc1csc(-c2cccs2)n1. The molecule has 24 heavy (non-hydrogen) atoms. The topological polar surface area (TPSA) is 48.4 Å². The van der Waals surface area contributed by atoms with Crippen molar-refractivity contribution in [3.63, 3.8) is 0 Å². The highest BCUT2D eigenvalue weighted by Crippen LogP contribution is 2.27. The third-order valence-corrected chi connectivity index (χ3v) is 5.24. The zero-order valence-corrected chi connectivity index (χ0v) is 14.9. The number of esters is 1. The van der Waals surface area contributed by atoms with Crippen LogP contribution in [-0.2, 0) is 16.0 Å². The van der Waals surface area contributed by atoms with Gasteiger partial charge in [0.05, 0.1) is 17.0 Å². The molecule has 2 aromatic heterocycles. The van der Waals surface area contributed by atoms with Crippen molar-refractivity contribution >= 4 is 28.6 Å². The summed E-state index contributed by atoms with van der Waals surface area (Å²) in [4.78, 5) is 17.5. The Hall–Kier alpha value is -2.18. The summed E-state index contributed by atoms with van der Waals surface area (Å²) in [5.41, 5.74) is 1.81. The van der Waals surface area contributed by atoms with E-state index in [9.17, 15) is 4.79 Å². The fraction of sp³-hybridized carbons (Fsp3) is 0.222. The number of para-hydroxylation sites is 1. The summed E-state index contributed by atoms with van der Waals surface area (Å²) in [6.07, 6.45) is 0.187. The van der Waals surface area contributed by atoms with Crippen molar-refractivity contribution in [2.24, 2.45) is 0 Å². The van der Waals surface area contributed by atoms with Gasteiger partial charge in [-0.3, -0.25) is 4.79 Å². The molecule has 124 valence electrons. The van der Waals surface area contributed by atoms with Crippen molar-refractivity contribution in [2.75, 3.05) is 13.2 Å². The second kappa shape index (κ2) is 8.08. The molecular weight excluding hydrogens is 342 g/mol. The molecule has 0 saturated heterocycles. The molecule has 0 unspecified atom stereocenters. The van der Waals surface area contributed by atoms with Gasteiger partial charge in [-0.15, -0.1) is 22.7 Å². The molecule has 0 bridgehead atoms. The highest BCUT2D eigenvalue weighted by Gasteiger charge is 2.10. The second-order valence-electron chi connectivity index (χ2n) is 5.13. The first-order chi connectivity index (χ1) is 11.7. The molecule has 3 aromatic rings. The number of rotatable bonds is 7. The predicted molar refractivity (Wildman–Crippen MR) is 96.8 cm³/mol. The fourth-order valence-corrected chi connectivity index (χ4v) is 3.76. The van der Waals surface area contributed by atoms with Crippen molar-refractivity contribution in [1.29, 1.82) is 0 Å². The van der Waals surface area contributed by atoms with E-state index < -0.39 is 0 Å². The lowest BCUT2D eigenvalue weighted by Gasteiger charge is -2.09. The Morgan fingerprint density at radius 3 is 2.79 bits per heavy atom. The standard InChI is InChI=1S/C18H17NO3S2/c1-13-5-2-3-6-15(13)21-8-9-22-17(20)11-14-12-24-18(19-14)16-7-4-10-23-16/h2-7,10,12H,8-9,11H2,1H3. The lowest BCUT2D eigenvalue weighted by molar-refractivity contribution is -0.143. The van der Waals surface area contributed by atoms with Gasteiger partial charge in [0, 0.05) is 5.38 Å². The lowest BCUT2D eigenvalue weighted by Crippen LogP contribution is -2.14. The molecule has 0 aliphatic rings. The highest BCUT2D eigenvalue weighted by molar-refractivity contribution is 7.20. The molecule has 4 nitrogen and oxygen atoms in total. The Balaban J connectivity index is 1.42. The van der Waals surface area contributed by atoms with Crippen LogP contribution in [0.15, 0.2) is 47.2 Å². The zero-order valence-electron chi connectivity index (χ0n) is 13.2. The van der Waals surface area contributed by atoms with Crippen molar-refractivity contribution in [1.82, 2.24) is 4.98 Å². The largest absolute Gasteiger partial charge is 0.490 e. The van der Waals surface area contributed by atoms with Crippen LogP contribution in [0.5, 0.6) is 5.75 Å². The molecule has 3 rings (SSSR count). The normalized spacial score (nSPS) is 10.5. The molecule has 2 heterocycles. The van der Waals surface area contributed by atoms with Gasteiger partial charge in [-0.05, 0) is 30.0 Å². The Bertz CT molecular complexity index is 796. The molecule has 0 aliphatic carbocycles. The van der Waals surface area contributed by atoms with Crippen LogP contribution in [0.4, 0.5) is 0 Å². The fourth-order valence-electron chi connectivity index (χ4n) is 2.13. The monoisotopic (exact) mass is 359 g/mol. The number of thiazole rings is 1. The summed E-state index contributed by atoms with van der Waals surface area (Å²) in [6.45, 7) is 2.55. The molecular formula is C18H17NO3S2. The maximum Gasteiger partial charge on any atom is 0.312 e. The van der Waals surface area contributed by atoms with Gasteiger partial charge < -0.3 is 9.47 Å². The molecule has 0 aliphatic heterocycles. The lowest BCUT2D eigenvalue weighted by atomic mass is 10.2. The van der Waals surface area contributed by atoms with Crippen LogP contribution in [0.2, 0.25) is 0 Å². The van der Waals surface area contributed by atoms with Crippen LogP contribution in [0.1, 0.15) is 11.3 Å². The van der Waals surface area contributed by atoms with Crippen LogP contribution in [0, 0.1) is 6.92 Å². The van der Waals surface area contributed by atoms with E-state index >= 15 is 0 Å². The summed E-state index contributed by atoms with van der Waals surface area (Å²) in [6, 6.07) is 11.8. The average Bonchev–Trinajstić information content (AvgIpc) is 3.24. The van der Waals surface area contributed by atoms with Gasteiger partial charge in [-0.1, -0.05) is 24.3 Å². The number of aromatic nitrogens is 1. The van der Waals surface area contributed by atoms with E-state index in [-0.39, 0.29) is 19.0 Å². The van der Waals surface area contributed by atoms with Crippen molar-refractivity contribution in [2.45, 2.75) is 13.3 Å². The summed E-state index contributed by atoms with van der Waals surface area (Å²) in [5, 5.41) is 4.86. The minimum Gasteiger partial charge on any atom is -0.490 e. The van der Waals surface area contributed by atoms with Crippen LogP contribution in [0.3, 0.4) is 0 Å². The number of thiophene rings is 1. The Morgan fingerprint density at radius 2 is 2.00 bits per heavy atom. The molecule has 0 spiro atoms. The van der Waals surface area contributed by atoms with Gasteiger partial charge >= 0.3 is 5.97 Å². The van der Waals surface area contributed by atoms with Crippen molar-refractivity contribution < 1.29 is 14.3 Å². The first-order valence-electron chi connectivity index (χ1n) is 7.55. The number of carbonyl (C=O) groups is 1. The van der Waals surface area contributed by atoms with E-state index in [0.29, 0.717) is 6.61 Å². The Kier molecular flexibility index (Phi) is 5.61. The maximum absolute atomic E-state index is 11.9. The molecule has 0 fully saturated rings. The van der Waals surface area contributed by atoms with Gasteiger partial charge in [0.15, 0.2) is 0 Å². The van der Waals surface area contributed by atoms with Gasteiger partial charge in [-0.2, -0.15) is 0 Å². The first-order valence-corrected chi connectivity index (χ1v) is 9.30. The van der Waals surface area contributed by atoms with E-state index in [1.165, 1.54) is 0 Å². The van der Waals surface area contributed by atoms with E-state index in [2.05, 4.69) is 4.98 Å². The number of nitrogens with zero attached hydrogens (tertiary/aromatic N) is 1. The summed E-state index contributed by atoms with van der Waals surface area (Å²) in [5.74, 6) is 0.528. The van der Waals surface area contributed by atoms with Crippen LogP contribution < -0.4 is 4.74 Å². The Labute approximate surface area is 148 Å². The number of benzene rings is 1. The highest BCUT2D eigenvalue weighted by atomic mass is 32.1. The predicted octanol–water partition coefficient (Wildman–Crippen LogP) is 4.34. The number of aryl methyl sites for hydroxylation is 1. The third kappa shape index (κ3) is 4.43. The summed E-state index contributed by atoms with van der Waals surface area (Å²) in [7, 11) is 0. The second-order valence-corrected chi connectivity index (χ2v) is 6.94. The van der Waals surface area contributed by atoms with E-state index in [1.54, 1.807) is 22.7 Å². The molecule has 6 heteroatoms. The first kappa shape index (κ1) is 16.7. The van der Waals surface area contributed by atoms with Crippen LogP contribution in [0.25, 0.3) is 9.88 Å². The van der Waals surface area contributed by atoms with Gasteiger partial charge in [0.2, 0.25) is 0 Å². The molecule has 0 N–H and O–H groups in total. The number of ether oxygens (including phenoxy) is 2. The minimum atomic E-state index is -0.286. The third-order valence-electron chi connectivity index (χ3n) is 3.31. The maximum atomic E-state index is 11.9. The molecule has 0 atom stereocenters. The molecule has 0 radical (unpaired) electrons.